The van der Waals surface area contributed by atoms with Gasteiger partial charge in [0.1, 0.15) is 0 Å². The first kappa shape index (κ1) is 87.0. The highest BCUT2D eigenvalue weighted by Crippen LogP contribution is 2.41. The zero-order chi connectivity index (χ0) is 81.0. The lowest BCUT2D eigenvalue weighted by Crippen LogP contribution is -2.60. The van der Waals surface area contributed by atoms with E-state index in [1.807, 2.05) is 52.5 Å². The van der Waals surface area contributed by atoms with E-state index in [-0.39, 0.29) is 88.1 Å². The number of hydrogen-bond donors (Lipinski definition) is 2. The topological polar surface area (TPSA) is 222 Å². The summed E-state index contributed by atoms with van der Waals surface area (Å²) in [4.78, 5) is 108. The number of amides is 8. The average Bonchev–Trinajstić information content (AvgIpc) is 0.784. The average molecular weight is 1740 g/mol. The van der Waals surface area contributed by atoms with Gasteiger partial charge >= 0.3 is 18.2 Å². The van der Waals surface area contributed by atoms with Crippen LogP contribution in [0.15, 0.2) is 153 Å². The van der Waals surface area contributed by atoms with Gasteiger partial charge in [0, 0.05) is 174 Å². The Morgan fingerprint density at radius 1 is 0.393 bits per heavy atom. The molecule has 3 aromatic heterocycles. The van der Waals surface area contributed by atoms with E-state index in [9.17, 15) is 41.9 Å². The number of rotatable bonds is 15. The van der Waals surface area contributed by atoms with Crippen LogP contribution < -0.4 is 11.5 Å². The summed E-state index contributed by atoms with van der Waals surface area (Å²) in [7, 11) is 0. The Morgan fingerprint density at radius 2 is 0.670 bits per heavy atom. The van der Waals surface area contributed by atoms with Gasteiger partial charge in [0.2, 0.25) is 23.6 Å². The van der Waals surface area contributed by atoms with Gasteiger partial charge in [-0.25, -0.2) is 9.59 Å². The minimum absolute atomic E-state index is 0.0273. The second-order valence-corrected chi connectivity index (χ2v) is 37.1. The SMILES string of the molecule is CC(=O)N1CCC(CC(=O)N2CCN(C(c3ccccc3)c3ccc(Br)cn3)C[C@@H]2C(C)(C)C)CC1.CC(C)(C)[C@H]1CN(C(c2ccc(C(F)(F)F)cc2)c2ccc(Br)cn2)CCN1C(=O)CC1CCN(C(N)=O)CC1.CC(C)(C)[C@H]1CN(C(c2ccccc2)c2ccc(Br)cn2)CCN1C(=O)CC1CCN(C(N)=O)CC1. The van der Waals surface area contributed by atoms with Crippen molar-refractivity contribution in [3.8, 4) is 0 Å². The van der Waals surface area contributed by atoms with Crippen LogP contribution in [0.4, 0.5) is 22.8 Å². The fraction of sp³-hybridized carbons (Fsp3) is 0.547. The van der Waals surface area contributed by atoms with E-state index < -0.39 is 17.8 Å². The molecule has 112 heavy (non-hydrogen) atoms. The summed E-state index contributed by atoms with van der Waals surface area (Å²) in [6.45, 7) is 31.5. The molecular formula is C86H114Br3F3N14O6. The van der Waals surface area contributed by atoms with Gasteiger partial charge in [0.25, 0.3) is 0 Å². The number of benzene rings is 3. The first-order chi connectivity index (χ1) is 53.0. The van der Waals surface area contributed by atoms with Crippen LogP contribution in [0.5, 0.6) is 0 Å². The predicted octanol–water partition coefficient (Wildman–Crippen LogP) is 15.5. The van der Waals surface area contributed by atoms with Crippen LogP contribution in [-0.4, -0.2) is 211 Å². The summed E-state index contributed by atoms with van der Waals surface area (Å²) in [6.07, 6.45) is 7.54. The number of nitrogens with zero attached hydrogens (tertiary/aromatic N) is 12. The van der Waals surface area contributed by atoms with Gasteiger partial charge in [-0.2, -0.15) is 13.2 Å². The molecule has 3 unspecified atom stereocenters. The van der Waals surface area contributed by atoms with E-state index in [0.29, 0.717) is 90.0 Å². The van der Waals surface area contributed by atoms with Crippen molar-refractivity contribution >= 4 is 83.5 Å². The van der Waals surface area contributed by atoms with E-state index >= 15 is 0 Å². The Labute approximate surface area is 685 Å². The number of primary amides is 2. The number of nitrogens with two attached hydrogens (primary N) is 2. The normalized spacial score (nSPS) is 20.7. The first-order valence-electron chi connectivity index (χ1n) is 39.6. The molecule has 20 nitrogen and oxygen atoms in total. The molecule has 0 aliphatic carbocycles. The third-order valence-electron chi connectivity index (χ3n) is 23.5. The molecule has 6 aliphatic rings. The Balaban J connectivity index is 0.000000179. The molecule has 3 aromatic carbocycles. The highest BCUT2D eigenvalue weighted by atomic mass is 79.9. The van der Waals surface area contributed by atoms with Crippen molar-refractivity contribution in [3.05, 3.63) is 193 Å². The van der Waals surface area contributed by atoms with Gasteiger partial charge in [-0.05, 0) is 186 Å². The monoisotopic (exact) mass is 1730 g/mol. The highest BCUT2D eigenvalue weighted by molar-refractivity contribution is 9.11. The van der Waals surface area contributed by atoms with Crippen molar-refractivity contribution in [2.24, 2.45) is 45.5 Å². The number of piperazine rings is 3. The summed E-state index contributed by atoms with van der Waals surface area (Å²) in [5, 5.41) is 0. The van der Waals surface area contributed by atoms with Crippen molar-refractivity contribution in [2.75, 3.05) is 98.2 Å². The van der Waals surface area contributed by atoms with Crippen molar-refractivity contribution in [1.29, 1.82) is 0 Å². The maximum atomic E-state index is 13.6. The summed E-state index contributed by atoms with van der Waals surface area (Å²) in [5.74, 6) is 1.58. The zero-order valence-corrected chi connectivity index (χ0v) is 71.4. The molecule has 9 heterocycles. The van der Waals surface area contributed by atoms with Crippen LogP contribution in [0, 0.1) is 34.0 Å². The molecule has 12 rings (SSSR count). The summed E-state index contributed by atoms with van der Waals surface area (Å²) in [5.41, 5.74) is 15.7. The minimum atomic E-state index is -4.41. The number of urea groups is 2. The third-order valence-corrected chi connectivity index (χ3v) is 24.9. The number of carbonyl (C=O) groups excluding carboxylic acids is 6. The fourth-order valence-electron chi connectivity index (χ4n) is 17.0. The number of likely N-dealkylation sites (tertiary alicyclic amines) is 3. The lowest BCUT2D eigenvalue weighted by molar-refractivity contribution is -0.142. The number of piperidine rings is 3. The van der Waals surface area contributed by atoms with E-state index in [4.69, 9.17) is 21.4 Å². The number of halogens is 6. The quantitative estimate of drug-likeness (QED) is 0.0980. The van der Waals surface area contributed by atoms with Gasteiger partial charge < -0.3 is 40.9 Å². The van der Waals surface area contributed by atoms with Gasteiger partial charge in [-0.1, -0.05) is 135 Å². The zero-order valence-electron chi connectivity index (χ0n) is 66.7. The van der Waals surface area contributed by atoms with Crippen LogP contribution >= 0.6 is 47.8 Å². The number of carbonyl (C=O) groups is 6. The molecule has 6 aromatic rings. The van der Waals surface area contributed by atoms with Crippen molar-refractivity contribution in [1.82, 2.24) is 59.1 Å². The van der Waals surface area contributed by atoms with E-state index in [1.165, 1.54) is 23.3 Å². The fourth-order valence-corrected chi connectivity index (χ4v) is 17.7. The third kappa shape index (κ3) is 23.2. The maximum absolute atomic E-state index is 13.6. The smallest absolute Gasteiger partial charge is 0.351 e. The first-order valence-corrected chi connectivity index (χ1v) is 41.9. The van der Waals surface area contributed by atoms with E-state index in [2.05, 4.69) is 206 Å². The number of alkyl halides is 3. The Kier molecular flexibility index (Phi) is 29.8. The highest BCUT2D eigenvalue weighted by Gasteiger charge is 2.46. The number of pyridine rings is 3. The molecule has 6 saturated heterocycles. The van der Waals surface area contributed by atoms with Gasteiger partial charge in [-0.3, -0.25) is 48.8 Å². The molecule has 606 valence electrons. The predicted molar refractivity (Wildman–Crippen MR) is 442 cm³/mol. The van der Waals surface area contributed by atoms with Crippen LogP contribution in [-0.2, 0) is 25.4 Å². The molecule has 6 fully saturated rings. The molecule has 0 bridgehead atoms. The van der Waals surface area contributed by atoms with Crippen molar-refractivity contribution in [2.45, 2.75) is 169 Å². The van der Waals surface area contributed by atoms with Crippen LogP contribution in [0.25, 0.3) is 0 Å². The Hall–Kier alpha value is -7.36. The van der Waals surface area contributed by atoms with Crippen LogP contribution in [0.1, 0.15) is 184 Å². The Morgan fingerprint density at radius 3 is 0.911 bits per heavy atom. The summed E-state index contributed by atoms with van der Waals surface area (Å²) < 4.78 is 42.6. The standard InChI is InChI=1S/C29H37BrF3N5O2.C29H39BrN4O2.C28H38BrN5O2/c1-28(2,3)24-18-37(14-15-38(24)25(39)16-19-10-12-36(13-11-19)27(34)40)26(23-9-8-22(30)17-35-23)20-4-6-21(7-5-20)29(31,32)33;1-21(35)32-14-12-22(13-15-32)18-27(36)34-17-16-33(20-26(34)29(2,3)4)28(23-8-6-5-7-9-23)25-11-10-24(30)19-31-25;1-28(2,3)24-19-33(26(21-7-5-4-6-8-21)23-10-9-22(29)18-31-23)15-16-34(24)25(35)17-20-11-13-32(14-12-20)27(30)36/h4-9,17,19,24,26H,10-16,18H2,1-3H3,(H2,34,40);5-11,19,22,26,28H,12-18,20H2,1-4H3;4-10,18,20,24,26H,11-17,19H2,1-3H3,(H2,30,36)/t24-,26?;26-,28?;24-,26?/m111/s1. The van der Waals surface area contributed by atoms with Crippen molar-refractivity contribution < 1.29 is 41.9 Å². The Bertz CT molecular complexity index is 3900. The lowest BCUT2D eigenvalue weighted by atomic mass is 9.82. The van der Waals surface area contributed by atoms with Crippen LogP contribution in [0.2, 0.25) is 0 Å². The van der Waals surface area contributed by atoms with Gasteiger partial charge in [0.05, 0.1) is 40.8 Å². The van der Waals surface area contributed by atoms with E-state index in [0.717, 1.165) is 126 Å². The summed E-state index contributed by atoms with van der Waals surface area (Å²) in [6, 6.07) is 37.4. The summed E-state index contributed by atoms with van der Waals surface area (Å²) >= 11 is 10.4. The lowest BCUT2D eigenvalue weighted by Gasteiger charge is -2.49. The van der Waals surface area contributed by atoms with Gasteiger partial charge in [-0.15, -0.1) is 0 Å². The second kappa shape index (κ2) is 38.4. The van der Waals surface area contributed by atoms with Crippen molar-refractivity contribution in [3.63, 3.8) is 0 Å². The van der Waals surface area contributed by atoms with E-state index in [1.54, 1.807) is 22.9 Å². The van der Waals surface area contributed by atoms with Crippen LogP contribution in [0.3, 0.4) is 0 Å². The molecule has 8 amide bonds. The molecular weight excluding hydrogens is 1620 g/mol. The molecule has 0 radical (unpaired) electrons. The largest absolute Gasteiger partial charge is 0.416 e. The maximum Gasteiger partial charge on any atom is 0.416 e. The number of aromatic nitrogens is 3. The molecule has 4 N–H and O–H groups in total. The molecule has 6 atom stereocenters. The number of hydrogen-bond acceptors (Lipinski definition) is 12. The molecule has 0 spiro atoms. The second-order valence-electron chi connectivity index (χ2n) is 34.3. The van der Waals surface area contributed by atoms with Gasteiger partial charge in [0.15, 0.2) is 0 Å². The molecule has 6 aliphatic heterocycles. The minimum Gasteiger partial charge on any atom is -0.351 e. The molecule has 26 heteroatoms. The molecule has 0 saturated carbocycles.